The summed E-state index contributed by atoms with van der Waals surface area (Å²) in [6.07, 6.45) is 4.06. The molecule has 5 rings (SSSR count). The molecule has 2 aromatic heterocycles. The zero-order chi connectivity index (χ0) is 24.5. The van der Waals surface area contributed by atoms with E-state index >= 15 is 0 Å². The Morgan fingerprint density at radius 1 is 1.14 bits per heavy atom. The Balaban J connectivity index is 1.48. The summed E-state index contributed by atoms with van der Waals surface area (Å²) in [6, 6.07) is 13.6. The van der Waals surface area contributed by atoms with Gasteiger partial charge in [-0.15, -0.1) is 5.10 Å². The van der Waals surface area contributed by atoms with Crippen molar-refractivity contribution in [2.24, 2.45) is 0 Å². The van der Waals surface area contributed by atoms with Crippen LogP contribution in [-0.2, 0) is 4.79 Å². The fourth-order valence-corrected chi connectivity index (χ4v) is 4.50. The van der Waals surface area contributed by atoms with Crippen LogP contribution in [0.1, 0.15) is 37.8 Å². The van der Waals surface area contributed by atoms with Crippen LogP contribution in [0.15, 0.2) is 54.7 Å². The second-order valence-corrected chi connectivity index (χ2v) is 8.36. The van der Waals surface area contributed by atoms with E-state index in [4.69, 9.17) is 5.73 Å². The van der Waals surface area contributed by atoms with Gasteiger partial charge in [0.05, 0.1) is 11.6 Å². The standard InChI is InChI=1S/C25H23F2N7O/c1-2-22(35)33-12-4-7-20(33)16-10-8-15(9-11-16)17-13-18(24(28)29-14-17)25-30-31-32-34(25)21-6-3-5-19(26)23(21)27/h3,5-6,8-11,13-14,20H,2,4,7,12H2,1H3,(H2,28,29). The van der Waals surface area contributed by atoms with Crippen molar-refractivity contribution >= 4 is 11.7 Å². The number of aromatic nitrogens is 5. The molecule has 35 heavy (non-hydrogen) atoms. The summed E-state index contributed by atoms with van der Waals surface area (Å²) >= 11 is 0. The Labute approximate surface area is 200 Å². The molecule has 3 heterocycles. The van der Waals surface area contributed by atoms with Crippen molar-refractivity contribution in [1.29, 1.82) is 0 Å². The maximum absolute atomic E-state index is 14.4. The highest BCUT2D eigenvalue weighted by molar-refractivity contribution is 5.78. The zero-order valence-electron chi connectivity index (χ0n) is 19.0. The van der Waals surface area contributed by atoms with Crippen LogP contribution in [-0.4, -0.2) is 42.5 Å². The van der Waals surface area contributed by atoms with Crippen molar-refractivity contribution in [3.63, 3.8) is 0 Å². The van der Waals surface area contributed by atoms with Crippen LogP contribution in [0.2, 0.25) is 0 Å². The van der Waals surface area contributed by atoms with Gasteiger partial charge in [0.2, 0.25) is 5.91 Å². The third-order valence-electron chi connectivity index (χ3n) is 6.29. The van der Waals surface area contributed by atoms with Crippen LogP contribution >= 0.6 is 0 Å². The molecular weight excluding hydrogens is 452 g/mol. The monoisotopic (exact) mass is 475 g/mol. The Bertz CT molecular complexity index is 1390. The topological polar surface area (TPSA) is 103 Å². The molecule has 2 N–H and O–H groups in total. The Kier molecular flexibility index (Phi) is 5.94. The van der Waals surface area contributed by atoms with Crippen LogP contribution in [0.3, 0.4) is 0 Å². The predicted molar refractivity (Wildman–Crippen MR) is 126 cm³/mol. The number of rotatable bonds is 5. The normalized spacial score (nSPS) is 15.5. The van der Waals surface area contributed by atoms with Gasteiger partial charge in [0, 0.05) is 24.7 Å². The minimum absolute atomic E-state index is 0.0855. The van der Waals surface area contributed by atoms with Gasteiger partial charge in [0.15, 0.2) is 17.5 Å². The van der Waals surface area contributed by atoms with Crippen molar-refractivity contribution in [2.75, 3.05) is 12.3 Å². The lowest BCUT2D eigenvalue weighted by atomic mass is 9.99. The van der Waals surface area contributed by atoms with Crippen molar-refractivity contribution in [3.05, 3.63) is 71.9 Å². The van der Waals surface area contributed by atoms with E-state index < -0.39 is 11.6 Å². The number of hydrogen-bond donors (Lipinski definition) is 1. The average Bonchev–Trinajstić information content (AvgIpc) is 3.56. The van der Waals surface area contributed by atoms with Crippen molar-refractivity contribution < 1.29 is 13.6 Å². The number of amides is 1. The molecule has 1 saturated heterocycles. The molecule has 8 nitrogen and oxygen atoms in total. The minimum atomic E-state index is -1.07. The number of halogens is 2. The van der Waals surface area contributed by atoms with Crippen molar-refractivity contribution in [3.8, 4) is 28.2 Å². The number of benzene rings is 2. The lowest BCUT2D eigenvalue weighted by molar-refractivity contribution is -0.131. The number of carbonyl (C=O) groups excluding carboxylic acids is 1. The van der Waals surface area contributed by atoms with Crippen molar-refractivity contribution in [1.82, 2.24) is 30.1 Å². The number of carbonyl (C=O) groups is 1. The fourth-order valence-electron chi connectivity index (χ4n) is 4.50. The number of nitrogen functional groups attached to an aromatic ring is 1. The highest BCUT2D eigenvalue weighted by atomic mass is 19.2. The third-order valence-corrected chi connectivity index (χ3v) is 6.29. The molecule has 1 atom stereocenters. The van der Waals surface area contributed by atoms with Gasteiger partial charge in [-0.3, -0.25) is 4.79 Å². The lowest BCUT2D eigenvalue weighted by Gasteiger charge is -2.25. The Morgan fingerprint density at radius 3 is 2.71 bits per heavy atom. The van der Waals surface area contributed by atoms with Gasteiger partial charge in [-0.05, 0) is 52.6 Å². The SMILES string of the molecule is CCC(=O)N1CCCC1c1ccc(-c2cnc(N)c(-c3nnnn3-c3cccc(F)c3F)c2)cc1. The summed E-state index contributed by atoms with van der Waals surface area (Å²) < 4.78 is 29.3. The van der Waals surface area contributed by atoms with Gasteiger partial charge in [0.1, 0.15) is 11.5 Å². The molecule has 4 aromatic rings. The Morgan fingerprint density at radius 2 is 1.94 bits per heavy atom. The third kappa shape index (κ3) is 4.11. The molecule has 1 aliphatic rings. The smallest absolute Gasteiger partial charge is 0.222 e. The quantitative estimate of drug-likeness (QED) is 0.461. The summed E-state index contributed by atoms with van der Waals surface area (Å²) in [5.41, 5.74) is 9.08. The lowest BCUT2D eigenvalue weighted by Crippen LogP contribution is -2.29. The maximum atomic E-state index is 14.4. The van der Waals surface area contributed by atoms with E-state index in [2.05, 4.69) is 20.5 Å². The van der Waals surface area contributed by atoms with Gasteiger partial charge in [-0.1, -0.05) is 37.3 Å². The molecule has 1 fully saturated rings. The first-order valence-corrected chi connectivity index (χ1v) is 11.4. The van der Waals surface area contributed by atoms with Crippen LogP contribution in [0.4, 0.5) is 14.6 Å². The number of nitrogens with two attached hydrogens (primary N) is 1. The van der Waals surface area contributed by atoms with Gasteiger partial charge in [0.25, 0.3) is 0 Å². The van der Waals surface area contributed by atoms with E-state index in [1.165, 1.54) is 12.1 Å². The number of nitrogens with zero attached hydrogens (tertiary/aromatic N) is 6. The molecule has 0 aliphatic carbocycles. The van der Waals surface area contributed by atoms with Crippen LogP contribution in [0.25, 0.3) is 28.2 Å². The van der Waals surface area contributed by atoms with E-state index in [0.29, 0.717) is 12.0 Å². The second kappa shape index (κ2) is 9.21. The number of tetrazole rings is 1. The highest BCUT2D eigenvalue weighted by Crippen LogP contribution is 2.34. The maximum Gasteiger partial charge on any atom is 0.222 e. The van der Waals surface area contributed by atoms with Crippen LogP contribution < -0.4 is 5.73 Å². The molecule has 178 valence electrons. The van der Waals surface area contributed by atoms with E-state index in [1.54, 1.807) is 12.3 Å². The average molecular weight is 476 g/mol. The molecule has 0 saturated carbocycles. The molecule has 0 radical (unpaired) electrons. The molecule has 1 aliphatic heterocycles. The number of likely N-dealkylation sites (tertiary alicyclic amines) is 1. The molecule has 10 heteroatoms. The number of hydrogen-bond acceptors (Lipinski definition) is 6. The molecular formula is C25H23F2N7O. The van der Waals surface area contributed by atoms with Crippen LogP contribution in [0.5, 0.6) is 0 Å². The highest BCUT2D eigenvalue weighted by Gasteiger charge is 2.29. The van der Waals surface area contributed by atoms with E-state index in [1.807, 2.05) is 36.1 Å². The van der Waals surface area contributed by atoms with Gasteiger partial charge in [-0.2, -0.15) is 4.68 Å². The first-order valence-electron chi connectivity index (χ1n) is 11.4. The molecule has 1 amide bonds. The van der Waals surface area contributed by atoms with Crippen molar-refractivity contribution in [2.45, 2.75) is 32.2 Å². The van der Waals surface area contributed by atoms with E-state index in [-0.39, 0.29) is 29.3 Å². The van der Waals surface area contributed by atoms with Gasteiger partial charge < -0.3 is 10.6 Å². The molecule has 0 bridgehead atoms. The molecule has 2 aromatic carbocycles. The number of anilines is 1. The van der Waals surface area contributed by atoms with E-state index in [9.17, 15) is 13.6 Å². The minimum Gasteiger partial charge on any atom is -0.383 e. The first kappa shape index (κ1) is 22.6. The summed E-state index contributed by atoms with van der Waals surface area (Å²) in [5, 5.41) is 11.4. The van der Waals surface area contributed by atoms with Gasteiger partial charge >= 0.3 is 0 Å². The second-order valence-electron chi connectivity index (χ2n) is 8.36. The molecule has 1 unspecified atom stereocenters. The molecule has 0 spiro atoms. The number of pyridine rings is 1. The predicted octanol–water partition coefficient (Wildman–Crippen LogP) is 4.33. The van der Waals surface area contributed by atoms with Crippen LogP contribution in [0, 0.1) is 11.6 Å². The van der Waals surface area contributed by atoms with E-state index in [0.717, 1.165) is 46.8 Å². The van der Waals surface area contributed by atoms with Gasteiger partial charge in [-0.25, -0.2) is 13.8 Å². The summed E-state index contributed by atoms with van der Waals surface area (Å²) in [5.74, 6) is -1.63. The summed E-state index contributed by atoms with van der Waals surface area (Å²) in [6.45, 7) is 2.66. The first-order chi connectivity index (χ1) is 17.0. The summed E-state index contributed by atoms with van der Waals surface area (Å²) in [7, 11) is 0. The Hall–Kier alpha value is -4.21. The fraction of sp³-hybridized carbons (Fsp3) is 0.240. The zero-order valence-corrected chi connectivity index (χ0v) is 19.0. The summed E-state index contributed by atoms with van der Waals surface area (Å²) in [4.78, 5) is 18.5. The largest absolute Gasteiger partial charge is 0.383 e.